The molecule has 0 heterocycles. The van der Waals surface area contributed by atoms with Crippen molar-refractivity contribution in [2.45, 2.75) is 11.8 Å². The smallest absolute Gasteiger partial charge is 0.377 e. The highest BCUT2D eigenvalue weighted by atomic mass is 79.9. The van der Waals surface area contributed by atoms with E-state index < -0.39 is 16.6 Å². The highest BCUT2D eigenvalue weighted by Gasteiger charge is 2.23. The van der Waals surface area contributed by atoms with Crippen molar-refractivity contribution in [1.29, 1.82) is 0 Å². The van der Waals surface area contributed by atoms with Crippen LogP contribution in [0.1, 0.15) is 27.6 Å². The van der Waals surface area contributed by atoms with E-state index in [0.717, 1.165) is 0 Å². The lowest BCUT2D eigenvalue weighted by Crippen LogP contribution is -2.19. The summed E-state index contributed by atoms with van der Waals surface area (Å²) in [5.74, 6) is -2.95. The van der Waals surface area contributed by atoms with E-state index in [0.29, 0.717) is 0 Å². The fraction of sp³-hybridized carbons (Fsp3) is 0.182. The van der Waals surface area contributed by atoms with Crippen molar-refractivity contribution in [2.24, 2.45) is 0 Å². The predicted octanol–water partition coefficient (Wildman–Crippen LogP) is 1.92. The highest BCUT2D eigenvalue weighted by molar-refractivity contribution is 9.10. The zero-order valence-electron chi connectivity index (χ0n) is 8.44. The fourth-order valence-corrected chi connectivity index (χ4v) is 1.47. The molecule has 1 N–H and O–H groups in total. The molecule has 0 aliphatic rings. The van der Waals surface area contributed by atoms with Gasteiger partial charge in [0.15, 0.2) is 5.78 Å². The molecule has 4 nitrogen and oxygen atoms in total. The molecule has 1 aromatic carbocycles. The van der Waals surface area contributed by atoms with Gasteiger partial charge in [-0.25, -0.2) is 4.79 Å². The molecule has 1 atom stereocenters. The van der Waals surface area contributed by atoms with Crippen molar-refractivity contribution in [3.63, 3.8) is 0 Å². The third-order valence-corrected chi connectivity index (χ3v) is 2.41. The number of ketones is 2. The first-order chi connectivity index (χ1) is 7.45. The minimum atomic E-state index is -1.57. The van der Waals surface area contributed by atoms with Gasteiger partial charge in [0.25, 0.3) is 5.78 Å². The number of carboxylic acid groups (broad SMARTS) is 1. The summed E-state index contributed by atoms with van der Waals surface area (Å²) in [6.07, 6.45) is 0. The monoisotopic (exact) mass is 284 g/mol. The summed E-state index contributed by atoms with van der Waals surface area (Å²) in [4.78, 5) is 33.1. The highest BCUT2D eigenvalue weighted by Crippen LogP contribution is 2.15. The Balaban J connectivity index is 3.25. The Morgan fingerprint density at radius 2 is 1.69 bits per heavy atom. The van der Waals surface area contributed by atoms with E-state index in [-0.39, 0.29) is 16.9 Å². The summed E-state index contributed by atoms with van der Waals surface area (Å²) in [5.41, 5.74) is 0.0468. The zero-order chi connectivity index (χ0) is 12.3. The number of alkyl halides is 1. The second-order valence-corrected chi connectivity index (χ2v) is 4.53. The quantitative estimate of drug-likeness (QED) is 0.521. The van der Waals surface area contributed by atoms with Gasteiger partial charge in [0, 0.05) is 11.1 Å². The van der Waals surface area contributed by atoms with Crippen molar-refractivity contribution in [3.05, 3.63) is 35.4 Å². The van der Waals surface area contributed by atoms with Crippen LogP contribution in [0.15, 0.2) is 24.3 Å². The van der Waals surface area contributed by atoms with E-state index >= 15 is 0 Å². The summed E-state index contributed by atoms with van der Waals surface area (Å²) in [6, 6.07) is 5.88. The first-order valence-electron chi connectivity index (χ1n) is 4.50. The summed E-state index contributed by atoms with van der Waals surface area (Å²) >= 11 is 3.09. The van der Waals surface area contributed by atoms with Crippen molar-refractivity contribution in [3.8, 4) is 0 Å². The standard InChI is InChI=1S/C11H9BrO4/c1-6(12)9(13)7-4-2-3-5-8(7)10(14)11(15)16/h2-6H,1H3,(H,15,16). The molecule has 0 aromatic heterocycles. The maximum atomic E-state index is 11.7. The summed E-state index contributed by atoms with van der Waals surface area (Å²) in [7, 11) is 0. The molecule has 1 rings (SSSR count). The Morgan fingerprint density at radius 1 is 1.19 bits per heavy atom. The minimum absolute atomic E-state index is 0.0775. The van der Waals surface area contributed by atoms with Gasteiger partial charge in [-0.05, 0) is 6.92 Å². The molecule has 84 valence electrons. The average Bonchev–Trinajstić information content (AvgIpc) is 2.26. The van der Waals surface area contributed by atoms with Crippen molar-refractivity contribution < 1.29 is 19.5 Å². The Hall–Kier alpha value is -1.49. The van der Waals surface area contributed by atoms with Gasteiger partial charge in [-0.15, -0.1) is 0 Å². The second-order valence-electron chi connectivity index (χ2n) is 3.16. The van der Waals surface area contributed by atoms with E-state index in [9.17, 15) is 14.4 Å². The van der Waals surface area contributed by atoms with Gasteiger partial charge in [0.05, 0.1) is 4.83 Å². The fourth-order valence-electron chi connectivity index (χ4n) is 1.23. The van der Waals surface area contributed by atoms with Crippen LogP contribution < -0.4 is 0 Å². The van der Waals surface area contributed by atoms with E-state index in [2.05, 4.69) is 15.9 Å². The molecular weight excluding hydrogens is 276 g/mol. The Labute approximate surface area is 100 Å². The van der Waals surface area contributed by atoms with Crippen molar-refractivity contribution >= 4 is 33.5 Å². The van der Waals surface area contributed by atoms with Crippen LogP contribution in [0.5, 0.6) is 0 Å². The van der Waals surface area contributed by atoms with Crippen LogP contribution in [0.3, 0.4) is 0 Å². The molecule has 1 unspecified atom stereocenters. The van der Waals surface area contributed by atoms with E-state index in [1.165, 1.54) is 18.2 Å². The molecule has 0 radical (unpaired) electrons. The maximum absolute atomic E-state index is 11.7. The largest absolute Gasteiger partial charge is 0.475 e. The number of rotatable bonds is 4. The van der Waals surface area contributed by atoms with E-state index in [1.807, 2.05) is 0 Å². The number of carboxylic acids is 1. The molecule has 0 bridgehead atoms. The van der Waals surface area contributed by atoms with Crippen LogP contribution >= 0.6 is 15.9 Å². The topological polar surface area (TPSA) is 71.4 Å². The van der Waals surface area contributed by atoms with Gasteiger partial charge in [-0.1, -0.05) is 40.2 Å². The SMILES string of the molecule is CC(Br)C(=O)c1ccccc1C(=O)C(=O)O. The van der Waals surface area contributed by atoms with E-state index in [4.69, 9.17) is 5.11 Å². The third kappa shape index (κ3) is 2.55. The Kier molecular flexibility index (Phi) is 3.95. The summed E-state index contributed by atoms with van der Waals surface area (Å²) in [5, 5.41) is 8.61. The maximum Gasteiger partial charge on any atom is 0.377 e. The van der Waals surface area contributed by atoms with Crippen LogP contribution in [-0.2, 0) is 4.79 Å². The van der Waals surface area contributed by atoms with Crippen LogP contribution in [0.4, 0.5) is 0 Å². The lowest BCUT2D eigenvalue weighted by molar-refractivity contribution is -0.131. The predicted molar refractivity (Wildman–Crippen MR) is 61.1 cm³/mol. The normalized spacial score (nSPS) is 11.9. The van der Waals surface area contributed by atoms with Gasteiger partial charge < -0.3 is 5.11 Å². The molecule has 0 saturated heterocycles. The molecule has 0 fully saturated rings. The zero-order valence-corrected chi connectivity index (χ0v) is 10.0. The van der Waals surface area contributed by atoms with Crippen LogP contribution in [-0.4, -0.2) is 27.5 Å². The number of hydrogen-bond acceptors (Lipinski definition) is 3. The lowest BCUT2D eigenvalue weighted by Gasteiger charge is -2.06. The van der Waals surface area contributed by atoms with Gasteiger partial charge in [0.2, 0.25) is 0 Å². The van der Waals surface area contributed by atoms with Crippen molar-refractivity contribution in [2.75, 3.05) is 0 Å². The van der Waals surface area contributed by atoms with Crippen LogP contribution in [0, 0.1) is 0 Å². The molecule has 0 aliphatic heterocycles. The van der Waals surface area contributed by atoms with Gasteiger partial charge in [-0.2, -0.15) is 0 Å². The second kappa shape index (κ2) is 5.03. The Bertz CT molecular complexity index is 451. The lowest BCUT2D eigenvalue weighted by atomic mass is 9.99. The molecular formula is C11H9BrO4. The number of hydrogen-bond donors (Lipinski definition) is 1. The van der Waals surface area contributed by atoms with Crippen LogP contribution in [0.25, 0.3) is 0 Å². The molecule has 0 spiro atoms. The number of benzene rings is 1. The molecule has 0 aliphatic carbocycles. The number of halogens is 1. The number of carbonyl (C=O) groups is 3. The molecule has 5 heteroatoms. The number of Topliss-reactive ketones (excluding diaryl/α,β-unsaturated/α-hetero) is 2. The Morgan fingerprint density at radius 3 is 2.12 bits per heavy atom. The summed E-state index contributed by atoms with van der Waals surface area (Å²) in [6.45, 7) is 1.62. The third-order valence-electron chi connectivity index (χ3n) is 1.99. The average molecular weight is 285 g/mol. The van der Waals surface area contributed by atoms with Gasteiger partial charge in [0.1, 0.15) is 0 Å². The molecule has 16 heavy (non-hydrogen) atoms. The van der Waals surface area contributed by atoms with Gasteiger partial charge in [-0.3, -0.25) is 9.59 Å². The first-order valence-corrected chi connectivity index (χ1v) is 5.41. The van der Waals surface area contributed by atoms with Gasteiger partial charge >= 0.3 is 5.97 Å². The molecule has 1 aromatic rings. The number of aliphatic carboxylic acids is 1. The first kappa shape index (κ1) is 12.6. The minimum Gasteiger partial charge on any atom is -0.475 e. The van der Waals surface area contributed by atoms with Crippen molar-refractivity contribution in [1.82, 2.24) is 0 Å². The number of carbonyl (C=O) groups excluding carboxylic acids is 2. The molecule has 0 saturated carbocycles. The molecule has 0 amide bonds. The van der Waals surface area contributed by atoms with E-state index in [1.54, 1.807) is 13.0 Å². The van der Waals surface area contributed by atoms with Crippen LogP contribution in [0.2, 0.25) is 0 Å². The summed E-state index contributed by atoms with van der Waals surface area (Å²) < 4.78 is 0.